The first kappa shape index (κ1) is 27.8. The fourth-order valence-electron chi connectivity index (χ4n) is 6.34. The minimum Gasteiger partial charge on any atom is -0.494 e. The standard InChI is InChI=1S/C29H34ClN3O5S/c1-2-38-21-12-10-20(11-13-21)31-26(35)23-22-14-15-29(39-22)24(23)28(37)33(16-4-3-5-17-34)25(29)27(36)32-19-8-6-18(30)7-9-19/h6-13,22-25,34H,2-5,14-17H2,1H3,(H,31,35)(H,32,36)/t22-,23+,24+,25?,29?/m1/s1. The number of fused-ring (bicyclic) bond motifs is 1. The minimum atomic E-state index is -0.682. The van der Waals surface area contributed by atoms with Gasteiger partial charge in [-0.2, -0.15) is 0 Å². The molecule has 10 heteroatoms. The molecule has 8 nitrogen and oxygen atoms in total. The van der Waals surface area contributed by atoms with E-state index in [-0.39, 0.29) is 29.6 Å². The molecular formula is C29H34ClN3O5S. The number of thioether (sulfide) groups is 1. The topological polar surface area (TPSA) is 108 Å². The number of hydrogen-bond donors (Lipinski definition) is 3. The van der Waals surface area contributed by atoms with E-state index in [4.69, 9.17) is 16.3 Å². The smallest absolute Gasteiger partial charge is 0.248 e. The lowest BCUT2D eigenvalue weighted by Crippen LogP contribution is -2.51. The molecule has 2 unspecified atom stereocenters. The van der Waals surface area contributed by atoms with Gasteiger partial charge in [0.1, 0.15) is 11.8 Å². The van der Waals surface area contributed by atoms with Crippen LogP contribution in [0.25, 0.3) is 0 Å². The minimum absolute atomic E-state index is 0.0241. The number of rotatable bonds is 11. The number of halogens is 1. The van der Waals surface area contributed by atoms with Gasteiger partial charge in [-0.05, 0) is 87.6 Å². The number of anilines is 2. The Morgan fingerprint density at radius 2 is 1.72 bits per heavy atom. The van der Waals surface area contributed by atoms with Crippen molar-refractivity contribution in [2.24, 2.45) is 11.8 Å². The van der Waals surface area contributed by atoms with Crippen LogP contribution in [0.4, 0.5) is 11.4 Å². The number of ether oxygens (including phenoxy) is 1. The number of nitrogens with one attached hydrogen (secondary N) is 2. The van der Waals surface area contributed by atoms with Crippen molar-refractivity contribution in [1.29, 1.82) is 0 Å². The van der Waals surface area contributed by atoms with Crippen molar-refractivity contribution in [3.05, 3.63) is 53.6 Å². The predicted octanol–water partition coefficient (Wildman–Crippen LogP) is 4.57. The second-order valence-corrected chi connectivity index (χ2v) is 12.4. The second-order valence-electron chi connectivity index (χ2n) is 10.3. The van der Waals surface area contributed by atoms with Crippen LogP contribution < -0.4 is 15.4 Å². The van der Waals surface area contributed by atoms with Gasteiger partial charge in [0, 0.05) is 34.8 Å². The molecule has 2 aromatic carbocycles. The summed E-state index contributed by atoms with van der Waals surface area (Å²) in [5.74, 6) is -0.912. The lowest BCUT2D eigenvalue weighted by atomic mass is 9.70. The largest absolute Gasteiger partial charge is 0.494 e. The number of aliphatic hydroxyl groups excluding tert-OH is 1. The van der Waals surface area contributed by atoms with Gasteiger partial charge >= 0.3 is 0 Å². The summed E-state index contributed by atoms with van der Waals surface area (Å²) in [6, 6.07) is 13.4. The molecule has 3 N–H and O–H groups in total. The fourth-order valence-corrected chi connectivity index (χ4v) is 8.68. The third kappa shape index (κ3) is 5.36. The normalized spacial score (nSPS) is 26.9. The van der Waals surface area contributed by atoms with Crippen molar-refractivity contribution in [3.63, 3.8) is 0 Å². The molecule has 3 aliphatic rings. The van der Waals surface area contributed by atoms with E-state index >= 15 is 0 Å². The van der Waals surface area contributed by atoms with Crippen LogP contribution in [0.1, 0.15) is 39.0 Å². The van der Waals surface area contributed by atoms with Crippen molar-refractivity contribution < 1.29 is 24.2 Å². The molecule has 2 aromatic rings. The number of likely N-dealkylation sites (tertiary alicyclic amines) is 1. The number of amides is 3. The van der Waals surface area contributed by atoms with Crippen LogP contribution in [0.3, 0.4) is 0 Å². The lowest BCUT2D eigenvalue weighted by Gasteiger charge is -2.34. The molecule has 0 aliphatic carbocycles. The summed E-state index contributed by atoms with van der Waals surface area (Å²) in [5, 5.41) is 15.8. The Labute approximate surface area is 237 Å². The zero-order chi connectivity index (χ0) is 27.6. The predicted molar refractivity (Wildman–Crippen MR) is 153 cm³/mol. The van der Waals surface area contributed by atoms with E-state index in [1.165, 1.54) is 0 Å². The Balaban J connectivity index is 1.39. The first-order valence-electron chi connectivity index (χ1n) is 13.6. The Bertz CT molecular complexity index is 1210. The van der Waals surface area contributed by atoms with E-state index in [1.54, 1.807) is 53.1 Å². The van der Waals surface area contributed by atoms with E-state index in [0.717, 1.165) is 18.6 Å². The molecule has 3 saturated heterocycles. The van der Waals surface area contributed by atoms with E-state index in [9.17, 15) is 19.5 Å². The maximum Gasteiger partial charge on any atom is 0.248 e. The molecule has 5 rings (SSSR count). The number of benzene rings is 2. The van der Waals surface area contributed by atoms with Gasteiger partial charge < -0.3 is 25.4 Å². The number of nitrogens with zero attached hydrogens (tertiary/aromatic N) is 1. The monoisotopic (exact) mass is 571 g/mol. The summed E-state index contributed by atoms with van der Waals surface area (Å²) in [5.41, 5.74) is 1.26. The molecule has 208 valence electrons. The molecule has 3 fully saturated rings. The molecule has 2 bridgehead atoms. The first-order chi connectivity index (χ1) is 18.9. The molecule has 1 spiro atoms. The third-order valence-electron chi connectivity index (χ3n) is 7.95. The van der Waals surface area contributed by atoms with Crippen molar-refractivity contribution in [2.75, 3.05) is 30.4 Å². The number of carbonyl (C=O) groups is 3. The average Bonchev–Trinajstić information content (AvgIpc) is 3.56. The molecule has 3 aliphatic heterocycles. The van der Waals surface area contributed by atoms with Crippen LogP contribution in [0.2, 0.25) is 5.02 Å². The number of carbonyl (C=O) groups excluding carboxylic acids is 3. The van der Waals surface area contributed by atoms with Crippen molar-refractivity contribution >= 4 is 52.5 Å². The Morgan fingerprint density at radius 1 is 1.05 bits per heavy atom. The number of aliphatic hydroxyl groups is 1. The maximum absolute atomic E-state index is 14.0. The molecular weight excluding hydrogens is 538 g/mol. The average molecular weight is 572 g/mol. The summed E-state index contributed by atoms with van der Waals surface area (Å²) >= 11 is 7.66. The molecule has 3 amide bonds. The summed E-state index contributed by atoms with van der Waals surface area (Å²) in [6.07, 6.45) is 3.55. The summed E-state index contributed by atoms with van der Waals surface area (Å²) in [7, 11) is 0. The van der Waals surface area contributed by atoms with E-state index in [1.807, 2.05) is 19.1 Å². The molecule has 3 heterocycles. The van der Waals surface area contributed by atoms with Gasteiger partial charge in [-0.15, -0.1) is 11.8 Å². The summed E-state index contributed by atoms with van der Waals surface area (Å²) in [4.78, 5) is 43.2. The van der Waals surface area contributed by atoms with Gasteiger partial charge in [0.25, 0.3) is 0 Å². The van der Waals surface area contributed by atoms with Gasteiger partial charge in [0.05, 0.1) is 23.2 Å². The first-order valence-corrected chi connectivity index (χ1v) is 14.8. The highest BCUT2D eigenvalue weighted by molar-refractivity contribution is 8.02. The van der Waals surface area contributed by atoms with Gasteiger partial charge in [0.15, 0.2) is 0 Å². The fraction of sp³-hybridized carbons (Fsp3) is 0.483. The highest BCUT2D eigenvalue weighted by atomic mass is 35.5. The number of unbranched alkanes of at least 4 members (excludes halogenated alkanes) is 2. The quantitative estimate of drug-likeness (QED) is 0.341. The molecule has 5 atom stereocenters. The van der Waals surface area contributed by atoms with E-state index < -0.39 is 22.6 Å². The second kappa shape index (κ2) is 11.8. The van der Waals surface area contributed by atoms with Crippen LogP contribution in [0, 0.1) is 11.8 Å². The third-order valence-corrected chi connectivity index (χ3v) is 10.2. The Hall–Kier alpha value is -2.75. The van der Waals surface area contributed by atoms with Crippen molar-refractivity contribution in [3.8, 4) is 5.75 Å². The molecule has 39 heavy (non-hydrogen) atoms. The van der Waals surface area contributed by atoms with Crippen LogP contribution >= 0.6 is 23.4 Å². The van der Waals surface area contributed by atoms with Gasteiger partial charge in [-0.1, -0.05) is 11.6 Å². The number of hydrogen-bond acceptors (Lipinski definition) is 6. The van der Waals surface area contributed by atoms with Crippen LogP contribution in [-0.4, -0.2) is 63.5 Å². The SMILES string of the molecule is CCOc1ccc(NC(=O)[C@@H]2[C@H]3C(=O)N(CCCCCO)C(C(=O)Nc4ccc(Cl)cc4)C34CC[C@H]2S4)cc1. The zero-order valence-electron chi connectivity index (χ0n) is 21.9. The summed E-state index contributed by atoms with van der Waals surface area (Å²) in [6.45, 7) is 2.97. The van der Waals surface area contributed by atoms with Gasteiger partial charge in [-0.3, -0.25) is 14.4 Å². The highest BCUT2D eigenvalue weighted by Crippen LogP contribution is 2.66. The Kier molecular flexibility index (Phi) is 8.40. The molecule has 0 saturated carbocycles. The van der Waals surface area contributed by atoms with Gasteiger partial charge in [-0.25, -0.2) is 0 Å². The highest BCUT2D eigenvalue weighted by Gasteiger charge is 2.73. The molecule has 0 radical (unpaired) electrons. The van der Waals surface area contributed by atoms with E-state index in [0.29, 0.717) is 48.8 Å². The van der Waals surface area contributed by atoms with E-state index in [2.05, 4.69) is 10.6 Å². The van der Waals surface area contributed by atoms with Crippen molar-refractivity contribution in [1.82, 2.24) is 4.90 Å². The zero-order valence-corrected chi connectivity index (χ0v) is 23.5. The van der Waals surface area contributed by atoms with Crippen LogP contribution in [-0.2, 0) is 14.4 Å². The lowest BCUT2D eigenvalue weighted by molar-refractivity contribution is -0.138. The van der Waals surface area contributed by atoms with Gasteiger partial charge in [0.2, 0.25) is 17.7 Å². The summed E-state index contributed by atoms with van der Waals surface area (Å²) < 4.78 is 4.84. The van der Waals surface area contributed by atoms with Crippen LogP contribution in [0.15, 0.2) is 48.5 Å². The van der Waals surface area contributed by atoms with Crippen LogP contribution in [0.5, 0.6) is 5.75 Å². The Morgan fingerprint density at radius 3 is 2.38 bits per heavy atom. The van der Waals surface area contributed by atoms with Crippen molar-refractivity contribution in [2.45, 2.75) is 55.1 Å². The maximum atomic E-state index is 14.0. The molecule has 0 aromatic heterocycles.